The number of ether oxygens (including phenoxy) is 2. The van der Waals surface area contributed by atoms with Gasteiger partial charge in [0.15, 0.2) is 11.6 Å². The van der Waals surface area contributed by atoms with Crippen molar-refractivity contribution in [1.82, 2.24) is 19.9 Å². The molecule has 115 heavy (non-hydrogen) atoms. The topological polar surface area (TPSA) is 83.2 Å². The SMILES string of the molecule is c1ccc(-c2cc(-c3ccc4c(c3)oc3ccccc34)nc(-c3ccccc3-c3ccccc3C3(c4ccccc4)c4ccccc4Oc4ccccc43)n2)cc1.c1ccc(-c2cc(-c3ccc4c(ccc5ccccc54)c3)nc(-c3ccccc3-c3ccccc3C3(c4ccccc4)c4ccccc4Oc4ccccc43)n2)cc1. The fourth-order valence-corrected chi connectivity index (χ4v) is 17.8. The summed E-state index contributed by atoms with van der Waals surface area (Å²) in [4.78, 5) is 21.4. The molecule has 0 atom stereocenters. The summed E-state index contributed by atoms with van der Waals surface area (Å²) < 4.78 is 19.6. The zero-order valence-electron chi connectivity index (χ0n) is 62.4. The number of rotatable bonds is 12. The average molecular weight is 1470 g/mol. The van der Waals surface area contributed by atoms with E-state index >= 15 is 0 Å². The van der Waals surface area contributed by atoms with E-state index in [1.807, 2.05) is 54.6 Å². The Balaban J connectivity index is 0.000000144. The van der Waals surface area contributed by atoms with Crippen molar-refractivity contribution in [2.75, 3.05) is 0 Å². The maximum atomic E-state index is 6.65. The van der Waals surface area contributed by atoms with Crippen LogP contribution in [-0.4, -0.2) is 19.9 Å². The molecule has 0 amide bonds. The molecule has 20 aromatic rings. The van der Waals surface area contributed by atoms with Crippen molar-refractivity contribution in [2.45, 2.75) is 10.8 Å². The largest absolute Gasteiger partial charge is 0.457 e. The molecule has 2 aliphatic rings. The number of fused-ring (bicyclic) bond motifs is 10. The van der Waals surface area contributed by atoms with Gasteiger partial charge in [0.25, 0.3) is 0 Å². The van der Waals surface area contributed by atoms with Crippen LogP contribution in [0.1, 0.15) is 44.5 Å². The lowest BCUT2D eigenvalue weighted by atomic mass is 9.62. The number of para-hydroxylation sites is 5. The second-order valence-corrected chi connectivity index (χ2v) is 29.3. The molecular formula is C108H70N4O3. The Bertz CT molecular complexity index is 7030. The van der Waals surface area contributed by atoms with E-state index in [-0.39, 0.29) is 0 Å². The zero-order valence-corrected chi connectivity index (χ0v) is 62.4. The van der Waals surface area contributed by atoms with Crippen LogP contribution in [0.25, 0.3) is 134 Å². The molecule has 3 aromatic heterocycles. The second-order valence-electron chi connectivity index (χ2n) is 29.3. The van der Waals surface area contributed by atoms with Gasteiger partial charge in [-0.05, 0) is 127 Å². The van der Waals surface area contributed by atoms with Crippen LogP contribution in [0.3, 0.4) is 0 Å². The molecule has 2 aliphatic heterocycles. The Morgan fingerprint density at radius 2 is 0.513 bits per heavy atom. The van der Waals surface area contributed by atoms with E-state index in [9.17, 15) is 0 Å². The van der Waals surface area contributed by atoms with E-state index < -0.39 is 10.8 Å². The van der Waals surface area contributed by atoms with Crippen molar-refractivity contribution in [1.29, 1.82) is 0 Å². The molecule has 0 saturated heterocycles. The van der Waals surface area contributed by atoms with Crippen molar-refractivity contribution in [3.63, 3.8) is 0 Å². The normalized spacial score (nSPS) is 12.8. The van der Waals surface area contributed by atoms with E-state index in [4.69, 9.17) is 33.8 Å². The van der Waals surface area contributed by atoms with Crippen molar-refractivity contribution in [3.05, 3.63) is 469 Å². The lowest BCUT2D eigenvalue weighted by Gasteiger charge is -2.42. The number of benzene rings is 17. The molecular weight excluding hydrogens is 1400 g/mol. The van der Waals surface area contributed by atoms with Crippen molar-refractivity contribution in [3.8, 4) is 113 Å². The first kappa shape index (κ1) is 67.9. The third kappa shape index (κ3) is 11.7. The van der Waals surface area contributed by atoms with Crippen LogP contribution in [0.4, 0.5) is 0 Å². The van der Waals surface area contributed by atoms with Crippen molar-refractivity contribution < 1.29 is 13.9 Å². The molecule has 0 spiro atoms. The van der Waals surface area contributed by atoms with Gasteiger partial charge in [-0.2, -0.15) is 0 Å². The van der Waals surface area contributed by atoms with Gasteiger partial charge in [-0.15, -0.1) is 0 Å². The Morgan fingerprint density at radius 1 is 0.191 bits per heavy atom. The minimum absolute atomic E-state index is 0.642. The Labute approximate surface area is 666 Å². The van der Waals surface area contributed by atoms with Gasteiger partial charge in [-0.1, -0.05) is 364 Å². The Kier molecular flexibility index (Phi) is 16.9. The summed E-state index contributed by atoms with van der Waals surface area (Å²) in [7, 11) is 0. The monoisotopic (exact) mass is 1470 g/mol. The summed E-state index contributed by atoms with van der Waals surface area (Å²) in [5.41, 5.74) is 22.9. The highest BCUT2D eigenvalue weighted by Gasteiger charge is 2.48. The molecule has 0 fully saturated rings. The van der Waals surface area contributed by atoms with Crippen molar-refractivity contribution >= 4 is 43.5 Å². The molecule has 7 heteroatoms. The van der Waals surface area contributed by atoms with Crippen molar-refractivity contribution in [2.24, 2.45) is 0 Å². The van der Waals surface area contributed by atoms with Crippen LogP contribution in [-0.2, 0) is 10.8 Å². The van der Waals surface area contributed by atoms with E-state index in [1.165, 1.54) is 21.5 Å². The van der Waals surface area contributed by atoms with Gasteiger partial charge in [0.05, 0.1) is 33.6 Å². The van der Waals surface area contributed by atoms with Crippen LogP contribution in [0.15, 0.2) is 429 Å². The van der Waals surface area contributed by atoms with Crippen LogP contribution in [0.5, 0.6) is 23.0 Å². The molecule has 0 saturated carbocycles. The molecule has 17 aromatic carbocycles. The van der Waals surface area contributed by atoms with E-state index in [0.29, 0.717) is 11.6 Å². The minimum Gasteiger partial charge on any atom is -0.457 e. The molecule has 5 heterocycles. The van der Waals surface area contributed by atoms with Crippen LogP contribution < -0.4 is 9.47 Å². The number of nitrogens with zero attached hydrogens (tertiary/aromatic N) is 4. The molecule has 540 valence electrons. The average Bonchev–Trinajstić information content (AvgIpc) is 0.883. The second kappa shape index (κ2) is 28.6. The van der Waals surface area contributed by atoms with Crippen LogP contribution in [0.2, 0.25) is 0 Å². The first-order chi connectivity index (χ1) is 57.0. The van der Waals surface area contributed by atoms with Gasteiger partial charge in [-0.3, -0.25) is 0 Å². The quantitative estimate of drug-likeness (QED) is 0.113. The molecule has 0 radical (unpaired) electrons. The highest BCUT2D eigenvalue weighted by molar-refractivity contribution is 6.09. The third-order valence-electron chi connectivity index (χ3n) is 22.9. The van der Waals surface area contributed by atoms with Gasteiger partial charge in [0, 0.05) is 66.4 Å². The van der Waals surface area contributed by atoms with E-state index in [2.05, 4.69) is 370 Å². The molecule has 0 N–H and O–H groups in total. The molecule has 0 unspecified atom stereocenters. The standard InChI is InChI=1S/C55H36N2O.C53H34N2O2/c1-3-18-38(19-4-1)50-36-51(40-33-34-43-39(35-40)32-31-37-17-7-8-22-42(37)43)57-54(56-50)46-25-10-9-23-44(46)45-24-11-12-26-47(45)55(41-20-5-2-6-21-41)48-27-13-15-29-52(48)58-53-30-16-14-28-49(53)55;1-3-17-35(18-4-1)46-34-47(36-31-32-41-40-23-10-14-28-48(40)56-51(41)33-36)55-52(54-46)42-24-8-7-21-38(42)39-22-9-11-25-43(39)53(37-19-5-2-6-20-37)44-26-12-15-29-49(44)57-50-30-16-13-27-45(50)53/h1-36H;1-34H. The maximum absolute atomic E-state index is 6.65. The summed E-state index contributed by atoms with van der Waals surface area (Å²) >= 11 is 0. The smallest absolute Gasteiger partial charge is 0.161 e. The predicted molar refractivity (Wildman–Crippen MR) is 467 cm³/mol. The third-order valence-corrected chi connectivity index (χ3v) is 22.9. The summed E-state index contributed by atoms with van der Waals surface area (Å²) in [5, 5.41) is 7.06. The number of aromatic nitrogens is 4. The number of furan rings is 1. The fourth-order valence-electron chi connectivity index (χ4n) is 17.8. The predicted octanol–water partition coefficient (Wildman–Crippen LogP) is 27.5. The first-order valence-electron chi connectivity index (χ1n) is 39.0. The molecule has 7 nitrogen and oxygen atoms in total. The molecule has 0 aliphatic carbocycles. The summed E-state index contributed by atoms with van der Waals surface area (Å²) in [6.45, 7) is 0. The number of hydrogen-bond acceptors (Lipinski definition) is 7. The molecule has 0 bridgehead atoms. The Morgan fingerprint density at radius 3 is 0.983 bits per heavy atom. The zero-order chi connectivity index (χ0) is 76.2. The first-order valence-corrected chi connectivity index (χ1v) is 39.0. The summed E-state index contributed by atoms with van der Waals surface area (Å²) in [6.07, 6.45) is 0. The fraction of sp³-hybridized carbons (Fsp3) is 0.0185. The lowest BCUT2D eigenvalue weighted by molar-refractivity contribution is 0.434. The highest BCUT2D eigenvalue weighted by atomic mass is 16.5. The van der Waals surface area contributed by atoms with E-state index in [0.717, 1.165) is 168 Å². The van der Waals surface area contributed by atoms with E-state index in [1.54, 1.807) is 0 Å². The Hall–Kier alpha value is -15.2. The van der Waals surface area contributed by atoms with Crippen LogP contribution >= 0.6 is 0 Å². The lowest BCUT2D eigenvalue weighted by Crippen LogP contribution is -2.34. The van der Waals surface area contributed by atoms with Gasteiger partial charge >= 0.3 is 0 Å². The highest BCUT2D eigenvalue weighted by Crippen LogP contribution is 2.60. The maximum Gasteiger partial charge on any atom is 0.161 e. The summed E-state index contributed by atoms with van der Waals surface area (Å²) in [6, 6.07) is 149. The minimum atomic E-state index is -0.698. The summed E-state index contributed by atoms with van der Waals surface area (Å²) in [5.74, 6) is 4.69. The van der Waals surface area contributed by atoms with Crippen LogP contribution in [0, 0.1) is 0 Å². The van der Waals surface area contributed by atoms with Gasteiger partial charge < -0.3 is 13.9 Å². The number of hydrogen-bond donors (Lipinski definition) is 0. The van der Waals surface area contributed by atoms with Gasteiger partial charge in [-0.25, -0.2) is 19.9 Å². The molecule has 22 rings (SSSR count). The van der Waals surface area contributed by atoms with Gasteiger partial charge in [0.1, 0.15) is 34.2 Å². The van der Waals surface area contributed by atoms with Gasteiger partial charge in [0.2, 0.25) is 0 Å².